The maximum Gasteiger partial charge on any atom is 0.305 e. The number of ether oxygens (including phenoxy) is 2. The Kier molecular flexibility index (Phi) is 28.5. The number of carbonyl (C=O) groups excluding carboxylic acids is 1. The van der Waals surface area contributed by atoms with Crippen LogP contribution >= 0.6 is 0 Å². The maximum absolute atomic E-state index is 12.3. The van der Waals surface area contributed by atoms with Crippen molar-refractivity contribution in [2.24, 2.45) is 4.99 Å². The van der Waals surface area contributed by atoms with Gasteiger partial charge < -0.3 is 14.6 Å². The van der Waals surface area contributed by atoms with Gasteiger partial charge in [0.15, 0.2) is 11.4 Å². The molecule has 0 aromatic heterocycles. The Bertz CT molecular complexity index is 761. The standard InChI is InChI=1S/C40H73NO4/c1-3-5-7-9-11-13-15-17-19-21-23-25-27-29-31-33-38-41-40(35-42,36-44-38)37-45-39(43)34-32-30-28-26-24-22-20-18-16-14-12-10-8-6-4-2/h17-20,42H,3-16,21-37H2,1-2H3. The number of aliphatic hydroxyl groups excluding tert-OH is 1. The van der Waals surface area contributed by atoms with Crippen molar-refractivity contribution in [3.63, 3.8) is 0 Å². The third-order valence-corrected chi connectivity index (χ3v) is 8.96. The van der Waals surface area contributed by atoms with Crippen molar-refractivity contribution in [3.8, 4) is 0 Å². The van der Waals surface area contributed by atoms with Crippen LogP contribution in [-0.4, -0.2) is 42.3 Å². The molecule has 5 heteroatoms. The number of carbonyl (C=O) groups is 1. The number of hydrogen-bond donors (Lipinski definition) is 1. The summed E-state index contributed by atoms with van der Waals surface area (Å²) in [5, 5.41) is 9.98. The monoisotopic (exact) mass is 632 g/mol. The molecule has 0 aromatic rings. The van der Waals surface area contributed by atoms with Crippen molar-refractivity contribution in [1.82, 2.24) is 0 Å². The molecule has 0 spiro atoms. The lowest BCUT2D eigenvalue weighted by atomic mass is 10.1. The molecule has 1 aliphatic heterocycles. The van der Waals surface area contributed by atoms with Crippen LogP contribution in [0.3, 0.4) is 0 Å². The van der Waals surface area contributed by atoms with E-state index >= 15 is 0 Å². The van der Waals surface area contributed by atoms with Crippen LogP contribution < -0.4 is 0 Å². The second-order valence-electron chi connectivity index (χ2n) is 13.5. The van der Waals surface area contributed by atoms with Crippen LogP contribution in [0.25, 0.3) is 0 Å². The number of unbranched alkanes of at least 4 members (excludes halogenated alkanes) is 22. The van der Waals surface area contributed by atoms with Gasteiger partial charge in [0.1, 0.15) is 13.2 Å². The molecule has 262 valence electrons. The van der Waals surface area contributed by atoms with Gasteiger partial charge in [-0.1, -0.05) is 141 Å². The Morgan fingerprint density at radius 1 is 0.667 bits per heavy atom. The van der Waals surface area contributed by atoms with Gasteiger partial charge in [0.25, 0.3) is 0 Å². The first kappa shape index (κ1) is 41.4. The van der Waals surface area contributed by atoms with Crippen LogP contribution in [0.4, 0.5) is 0 Å². The maximum atomic E-state index is 12.3. The summed E-state index contributed by atoms with van der Waals surface area (Å²) in [4.78, 5) is 16.9. The minimum atomic E-state index is -0.824. The van der Waals surface area contributed by atoms with E-state index in [4.69, 9.17) is 9.47 Å². The van der Waals surface area contributed by atoms with Crippen LogP contribution in [0.5, 0.6) is 0 Å². The van der Waals surface area contributed by atoms with Gasteiger partial charge in [0.05, 0.1) is 6.61 Å². The second-order valence-corrected chi connectivity index (χ2v) is 13.5. The third kappa shape index (κ3) is 25.2. The molecule has 5 nitrogen and oxygen atoms in total. The predicted octanol–water partition coefficient (Wildman–Crippen LogP) is 11.8. The molecule has 1 rings (SSSR count). The minimum absolute atomic E-state index is 0.100. The summed E-state index contributed by atoms with van der Waals surface area (Å²) in [5.41, 5.74) is -0.824. The number of nitrogens with zero attached hydrogens (tertiary/aromatic N) is 1. The fourth-order valence-electron chi connectivity index (χ4n) is 5.85. The predicted molar refractivity (Wildman–Crippen MR) is 193 cm³/mol. The van der Waals surface area contributed by atoms with Crippen LogP contribution in [0.1, 0.15) is 194 Å². The highest BCUT2D eigenvalue weighted by molar-refractivity contribution is 5.78. The van der Waals surface area contributed by atoms with Gasteiger partial charge in [0.2, 0.25) is 0 Å². The number of rotatable bonds is 33. The number of aliphatic hydroxyl groups is 1. The molecule has 0 aromatic carbocycles. The number of hydrogen-bond acceptors (Lipinski definition) is 5. The zero-order valence-electron chi connectivity index (χ0n) is 29.8. The van der Waals surface area contributed by atoms with Crippen molar-refractivity contribution < 1.29 is 19.4 Å². The van der Waals surface area contributed by atoms with Crippen LogP contribution in [0, 0.1) is 0 Å². The average molecular weight is 632 g/mol. The number of esters is 1. The Morgan fingerprint density at radius 2 is 1.09 bits per heavy atom. The highest BCUT2D eigenvalue weighted by atomic mass is 16.5. The highest BCUT2D eigenvalue weighted by Crippen LogP contribution is 2.22. The first-order valence-corrected chi connectivity index (χ1v) is 19.4. The molecule has 45 heavy (non-hydrogen) atoms. The summed E-state index contributed by atoms with van der Waals surface area (Å²) in [6.07, 6.45) is 43.4. The molecule has 1 heterocycles. The van der Waals surface area contributed by atoms with Gasteiger partial charge in [-0.15, -0.1) is 0 Å². The fourth-order valence-corrected chi connectivity index (χ4v) is 5.85. The topological polar surface area (TPSA) is 68.1 Å². The zero-order chi connectivity index (χ0) is 32.5. The van der Waals surface area contributed by atoms with E-state index in [1.165, 1.54) is 141 Å². The van der Waals surface area contributed by atoms with Gasteiger partial charge in [-0.3, -0.25) is 4.79 Å². The quantitative estimate of drug-likeness (QED) is 0.0444. The van der Waals surface area contributed by atoms with Crippen LogP contribution in [-0.2, 0) is 14.3 Å². The first-order valence-electron chi connectivity index (χ1n) is 19.4. The van der Waals surface area contributed by atoms with Crippen molar-refractivity contribution in [1.29, 1.82) is 0 Å². The smallest absolute Gasteiger partial charge is 0.305 e. The largest absolute Gasteiger partial charge is 0.478 e. The second kappa shape index (κ2) is 31.0. The van der Waals surface area contributed by atoms with Gasteiger partial charge in [0, 0.05) is 12.8 Å². The average Bonchev–Trinajstić information content (AvgIpc) is 3.47. The Morgan fingerprint density at radius 3 is 1.56 bits per heavy atom. The summed E-state index contributed by atoms with van der Waals surface area (Å²) in [6, 6.07) is 0. The summed E-state index contributed by atoms with van der Waals surface area (Å²) >= 11 is 0. The Labute approximate surface area is 279 Å². The fraction of sp³-hybridized carbons (Fsp3) is 0.850. The lowest BCUT2D eigenvalue weighted by molar-refractivity contribution is -0.146. The first-order chi connectivity index (χ1) is 22.2. The van der Waals surface area contributed by atoms with Gasteiger partial charge in [-0.25, -0.2) is 4.99 Å². The van der Waals surface area contributed by atoms with Gasteiger partial charge >= 0.3 is 5.97 Å². The lowest BCUT2D eigenvalue weighted by Crippen LogP contribution is -2.39. The molecule has 1 unspecified atom stereocenters. The molecular weight excluding hydrogens is 558 g/mol. The molecule has 0 bridgehead atoms. The van der Waals surface area contributed by atoms with E-state index in [9.17, 15) is 9.90 Å². The molecule has 1 N–H and O–H groups in total. The van der Waals surface area contributed by atoms with Crippen LogP contribution in [0.15, 0.2) is 29.3 Å². The lowest BCUT2D eigenvalue weighted by Gasteiger charge is -2.20. The summed E-state index contributed by atoms with van der Waals surface area (Å²) in [6.45, 7) is 4.77. The van der Waals surface area contributed by atoms with Crippen molar-refractivity contribution >= 4 is 11.9 Å². The third-order valence-electron chi connectivity index (χ3n) is 8.96. The van der Waals surface area contributed by atoms with Gasteiger partial charge in [-0.2, -0.15) is 0 Å². The minimum Gasteiger partial charge on any atom is -0.478 e. The van der Waals surface area contributed by atoms with E-state index < -0.39 is 5.54 Å². The molecule has 0 fully saturated rings. The molecule has 0 saturated carbocycles. The van der Waals surface area contributed by atoms with E-state index in [-0.39, 0.29) is 19.2 Å². The van der Waals surface area contributed by atoms with Crippen molar-refractivity contribution in [3.05, 3.63) is 24.3 Å². The molecule has 0 saturated heterocycles. The summed E-state index contributed by atoms with van der Waals surface area (Å²) < 4.78 is 11.3. The molecule has 1 aliphatic rings. The zero-order valence-corrected chi connectivity index (χ0v) is 29.8. The highest BCUT2D eigenvalue weighted by Gasteiger charge is 2.37. The van der Waals surface area contributed by atoms with E-state index in [0.29, 0.717) is 18.9 Å². The summed E-state index contributed by atoms with van der Waals surface area (Å²) in [5.74, 6) is 0.510. The number of allylic oxidation sites excluding steroid dienone is 4. The normalized spacial score (nSPS) is 16.6. The molecule has 0 aliphatic carbocycles. The van der Waals surface area contributed by atoms with E-state index in [0.717, 1.165) is 32.1 Å². The van der Waals surface area contributed by atoms with Crippen molar-refractivity contribution in [2.45, 2.75) is 199 Å². The Hall–Kier alpha value is -1.62. The molecular formula is C40H73NO4. The Balaban J connectivity index is 1.99. The van der Waals surface area contributed by atoms with E-state index in [1.807, 2.05) is 0 Å². The van der Waals surface area contributed by atoms with Crippen molar-refractivity contribution in [2.75, 3.05) is 19.8 Å². The van der Waals surface area contributed by atoms with Crippen LogP contribution in [0.2, 0.25) is 0 Å². The SMILES string of the molecule is CCCCCCCCC=CCCCCCCCC(=O)OCC1(CO)COC(CCCCCCCC=CCCCCCCCC)=N1. The summed E-state index contributed by atoms with van der Waals surface area (Å²) in [7, 11) is 0. The molecule has 0 radical (unpaired) electrons. The van der Waals surface area contributed by atoms with Gasteiger partial charge in [-0.05, 0) is 64.2 Å². The van der Waals surface area contributed by atoms with E-state index in [1.54, 1.807) is 0 Å². The number of aliphatic imine (C=N–C) groups is 1. The van der Waals surface area contributed by atoms with E-state index in [2.05, 4.69) is 43.1 Å². The molecule has 1 atom stereocenters. The molecule has 0 amide bonds.